The molecule has 1 unspecified atom stereocenters. The molecule has 6 heteroatoms. The van der Waals surface area contributed by atoms with Crippen LogP contribution in [0.4, 0.5) is 0 Å². The van der Waals surface area contributed by atoms with Crippen molar-refractivity contribution < 1.29 is 24.9 Å². The van der Waals surface area contributed by atoms with Crippen LogP contribution < -0.4 is 0 Å². The molecule has 4 N–H and O–H groups in total. The highest BCUT2D eigenvalue weighted by molar-refractivity contribution is 5.96. The van der Waals surface area contributed by atoms with Crippen molar-refractivity contribution >= 4 is 16.7 Å². The Kier molecular flexibility index (Phi) is 4.15. The molecule has 4 aliphatic rings. The van der Waals surface area contributed by atoms with E-state index in [0.29, 0.717) is 24.8 Å². The van der Waals surface area contributed by atoms with Crippen LogP contribution in [0.5, 0.6) is 0 Å². The van der Waals surface area contributed by atoms with Crippen LogP contribution in [0.25, 0.3) is 10.9 Å². The number of carbonyl (C=O) groups excluding carboxylic acids is 1. The van der Waals surface area contributed by atoms with Crippen molar-refractivity contribution in [3.8, 4) is 0 Å². The number of ether oxygens (including phenoxy) is 1. The van der Waals surface area contributed by atoms with Crippen molar-refractivity contribution in [1.82, 2.24) is 4.98 Å². The number of fused-ring (bicyclic) bond motifs is 9. The highest BCUT2D eigenvalue weighted by atomic mass is 16.5. The molecule has 0 bridgehead atoms. The van der Waals surface area contributed by atoms with Gasteiger partial charge in [0.15, 0.2) is 5.78 Å². The Bertz CT molecular complexity index is 1210. The average Bonchev–Trinajstić information content (AvgIpc) is 3.25. The summed E-state index contributed by atoms with van der Waals surface area (Å²) in [4.78, 5) is 16.7. The van der Waals surface area contributed by atoms with E-state index in [0.717, 1.165) is 17.6 Å². The first-order valence-electron chi connectivity index (χ1n) is 12.1. The summed E-state index contributed by atoms with van der Waals surface area (Å²) in [6, 6.07) is 8.30. The van der Waals surface area contributed by atoms with Crippen molar-refractivity contribution in [3.63, 3.8) is 0 Å². The number of para-hydroxylation sites is 1. The second-order valence-corrected chi connectivity index (χ2v) is 11.7. The summed E-state index contributed by atoms with van der Waals surface area (Å²) in [7, 11) is 0. The van der Waals surface area contributed by atoms with E-state index in [1.807, 2.05) is 12.1 Å². The third-order valence-corrected chi connectivity index (χ3v) is 9.77. The number of aliphatic hydroxyl groups excluding tert-OH is 1. The van der Waals surface area contributed by atoms with Gasteiger partial charge >= 0.3 is 0 Å². The fourth-order valence-corrected chi connectivity index (χ4v) is 7.86. The maximum Gasteiger partial charge on any atom is 0.187 e. The Morgan fingerprint density at radius 3 is 2.67 bits per heavy atom. The molecular weight excluding hydrogens is 418 g/mol. The van der Waals surface area contributed by atoms with Gasteiger partial charge in [-0.2, -0.15) is 0 Å². The Balaban J connectivity index is 1.53. The normalized spacial score (nSPS) is 42.4. The van der Waals surface area contributed by atoms with Gasteiger partial charge in [0, 0.05) is 27.4 Å². The van der Waals surface area contributed by atoms with Crippen LogP contribution >= 0.6 is 0 Å². The molecule has 6 nitrogen and oxygen atoms in total. The Labute approximate surface area is 193 Å². The largest absolute Gasteiger partial charge is 0.390 e. The van der Waals surface area contributed by atoms with Gasteiger partial charge in [0.2, 0.25) is 0 Å². The minimum atomic E-state index is -1.60. The third-order valence-electron chi connectivity index (χ3n) is 9.77. The van der Waals surface area contributed by atoms with E-state index in [9.17, 15) is 20.1 Å². The highest BCUT2D eigenvalue weighted by Gasteiger charge is 2.73. The summed E-state index contributed by atoms with van der Waals surface area (Å²) in [5, 5.41) is 35.5. The number of ketones is 1. The molecule has 3 aliphatic carbocycles. The molecule has 2 heterocycles. The number of aliphatic hydroxyl groups is 3. The monoisotopic (exact) mass is 451 g/mol. The van der Waals surface area contributed by atoms with E-state index in [-0.39, 0.29) is 11.7 Å². The van der Waals surface area contributed by atoms with Crippen molar-refractivity contribution in [3.05, 3.63) is 47.2 Å². The number of aromatic amines is 1. The SMILES string of the molecule is CC(C)(O)C1O[C@H]2CC[C@]3(C)[C@@]4(C)c5[nH]c6ccccc6c5C[C@@H]4C[C@H](O)[C@@]3(O)C2=CC1=O. The first kappa shape index (κ1) is 21.5. The van der Waals surface area contributed by atoms with E-state index >= 15 is 0 Å². The van der Waals surface area contributed by atoms with E-state index < -0.39 is 40.3 Å². The van der Waals surface area contributed by atoms with Crippen LogP contribution in [-0.4, -0.2) is 55.6 Å². The molecule has 6 rings (SSSR count). The summed E-state index contributed by atoms with van der Waals surface area (Å²) in [6.45, 7) is 7.43. The molecule has 33 heavy (non-hydrogen) atoms. The molecule has 2 aromatic rings. The molecule has 0 radical (unpaired) electrons. The van der Waals surface area contributed by atoms with Gasteiger partial charge in [0.25, 0.3) is 0 Å². The predicted octanol–water partition coefficient (Wildman–Crippen LogP) is 2.93. The Morgan fingerprint density at radius 2 is 1.94 bits per heavy atom. The quantitative estimate of drug-likeness (QED) is 0.534. The van der Waals surface area contributed by atoms with E-state index in [2.05, 4.69) is 31.0 Å². The second kappa shape index (κ2) is 6.36. The summed E-state index contributed by atoms with van der Waals surface area (Å²) in [6.07, 6.45) is 1.55. The summed E-state index contributed by atoms with van der Waals surface area (Å²) < 4.78 is 6.09. The van der Waals surface area contributed by atoms with Gasteiger partial charge in [-0.15, -0.1) is 0 Å². The first-order chi connectivity index (χ1) is 15.4. The molecule has 0 spiro atoms. The van der Waals surface area contributed by atoms with Gasteiger partial charge in [0.05, 0.1) is 17.8 Å². The lowest BCUT2D eigenvalue weighted by molar-refractivity contribution is -0.233. The van der Waals surface area contributed by atoms with Gasteiger partial charge in [0.1, 0.15) is 11.7 Å². The smallest absolute Gasteiger partial charge is 0.187 e. The standard InChI is InChI=1S/C27H33NO5/c1-24(2,31)23-19(29)13-17-20(33-23)9-10-25(3)26(4)14(12-21(30)27(17,25)32)11-16-15-7-5-6-8-18(15)28-22(16)26/h5-8,13-14,20-21,23,28,30-32H,9-12H2,1-4H3/t14-,20+,21+,23?,25-,26-,27+/m1/s1. The molecule has 1 aromatic heterocycles. The number of hydrogen-bond acceptors (Lipinski definition) is 5. The number of benzene rings is 1. The van der Waals surface area contributed by atoms with Gasteiger partial charge in [-0.05, 0) is 68.7 Å². The number of aromatic nitrogens is 1. The zero-order valence-corrected chi connectivity index (χ0v) is 19.7. The Morgan fingerprint density at radius 1 is 1.21 bits per heavy atom. The molecule has 0 saturated heterocycles. The number of H-pyrrole nitrogens is 1. The van der Waals surface area contributed by atoms with E-state index in [1.54, 1.807) is 13.8 Å². The van der Waals surface area contributed by atoms with Crippen LogP contribution in [0.3, 0.4) is 0 Å². The first-order valence-corrected chi connectivity index (χ1v) is 12.1. The highest BCUT2D eigenvalue weighted by Crippen LogP contribution is 2.69. The second-order valence-electron chi connectivity index (χ2n) is 11.7. The van der Waals surface area contributed by atoms with Gasteiger partial charge in [-0.3, -0.25) is 4.79 Å². The summed E-state index contributed by atoms with van der Waals surface area (Å²) in [5.41, 5.74) is -0.0337. The maximum atomic E-state index is 13.0. The lowest BCUT2D eigenvalue weighted by Crippen LogP contribution is -2.73. The molecule has 1 aliphatic heterocycles. The third kappa shape index (κ3) is 2.40. The van der Waals surface area contributed by atoms with Crippen LogP contribution in [0, 0.1) is 11.3 Å². The fourth-order valence-electron chi connectivity index (χ4n) is 7.86. The molecule has 7 atom stereocenters. The lowest BCUT2D eigenvalue weighted by atomic mass is 9.42. The lowest BCUT2D eigenvalue weighted by Gasteiger charge is -2.66. The van der Waals surface area contributed by atoms with Gasteiger partial charge in [-0.1, -0.05) is 32.0 Å². The molecular formula is C27H33NO5. The molecule has 0 amide bonds. The molecule has 2 fully saturated rings. The maximum absolute atomic E-state index is 13.0. The van der Waals surface area contributed by atoms with Gasteiger partial charge < -0.3 is 25.0 Å². The summed E-state index contributed by atoms with van der Waals surface area (Å²) >= 11 is 0. The van der Waals surface area contributed by atoms with Crippen molar-refractivity contribution in [2.24, 2.45) is 11.3 Å². The number of carbonyl (C=O) groups is 1. The van der Waals surface area contributed by atoms with Crippen LogP contribution in [0.1, 0.15) is 58.2 Å². The minimum absolute atomic E-state index is 0.185. The van der Waals surface area contributed by atoms with E-state index in [4.69, 9.17) is 4.74 Å². The van der Waals surface area contributed by atoms with Crippen molar-refractivity contribution in [2.45, 2.75) is 88.3 Å². The van der Waals surface area contributed by atoms with Crippen molar-refractivity contribution in [2.75, 3.05) is 0 Å². The van der Waals surface area contributed by atoms with Crippen LogP contribution in [-0.2, 0) is 21.4 Å². The van der Waals surface area contributed by atoms with E-state index in [1.165, 1.54) is 17.0 Å². The Hall–Kier alpha value is -1.99. The predicted molar refractivity (Wildman–Crippen MR) is 124 cm³/mol. The topological polar surface area (TPSA) is 103 Å². The summed E-state index contributed by atoms with van der Waals surface area (Å²) in [5.74, 6) is -0.172. The molecule has 1 aromatic carbocycles. The average molecular weight is 452 g/mol. The van der Waals surface area contributed by atoms with Crippen LogP contribution in [0.2, 0.25) is 0 Å². The zero-order valence-electron chi connectivity index (χ0n) is 19.7. The number of hydrogen-bond donors (Lipinski definition) is 4. The fraction of sp³-hybridized carbons (Fsp3) is 0.593. The van der Waals surface area contributed by atoms with Gasteiger partial charge in [-0.25, -0.2) is 0 Å². The molecule has 2 saturated carbocycles. The number of rotatable bonds is 1. The van der Waals surface area contributed by atoms with Crippen molar-refractivity contribution in [1.29, 1.82) is 0 Å². The minimum Gasteiger partial charge on any atom is -0.390 e. The number of nitrogens with one attached hydrogen (secondary N) is 1. The van der Waals surface area contributed by atoms with Crippen LogP contribution in [0.15, 0.2) is 35.9 Å². The zero-order chi connectivity index (χ0) is 23.6. The molecule has 176 valence electrons.